The van der Waals surface area contributed by atoms with Crippen molar-refractivity contribution in [1.82, 2.24) is 56.0 Å². The summed E-state index contributed by atoms with van der Waals surface area (Å²) in [6, 6.07) is -10.3. The predicted octanol–water partition coefficient (Wildman–Crippen LogP) is 3.85. The largest absolute Gasteiger partial charge is 0.343 e. The maximum Gasteiger partial charge on any atom is 0.246 e. The quantitative estimate of drug-likeness (QED) is 0.116. The maximum absolute atomic E-state index is 14.9. The Morgan fingerprint density at radius 3 is 1.50 bits per heavy atom. The van der Waals surface area contributed by atoms with Crippen LogP contribution in [0.1, 0.15) is 169 Å². The molecule has 5 N–H and O–H groups in total. The van der Waals surface area contributed by atoms with Crippen LogP contribution in [0, 0.1) is 29.6 Å². The lowest BCUT2D eigenvalue weighted by molar-refractivity contribution is -0.153. The van der Waals surface area contributed by atoms with Crippen molar-refractivity contribution in [1.29, 1.82) is 0 Å². The lowest BCUT2D eigenvalue weighted by atomic mass is 9.91. The van der Waals surface area contributed by atoms with Crippen LogP contribution in [0.3, 0.4) is 0 Å². The summed E-state index contributed by atoms with van der Waals surface area (Å²) in [6.45, 7) is 27.6. The zero-order valence-electron chi connectivity index (χ0n) is 54.0. The number of likely N-dealkylation sites (N-methyl/N-ethyl adjacent to an activating group) is 6. The Hall–Kier alpha value is -6.09. The van der Waals surface area contributed by atoms with E-state index in [0.717, 1.165) is 4.90 Å². The van der Waals surface area contributed by atoms with Crippen LogP contribution in [-0.2, 0) is 52.7 Å². The highest BCUT2D eigenvalue weighted by Gasteiger charge is 2.44. The molecule has 0 radical (unpaired) electrons. The Morgan fingerprint density at radius 2 is 1.01 bits per heavy atom. The first-order valence-corrected chi connectivity index (χ1v) is 29.7. The number of allylic oxidation sites excluding steroid dienone is 2. The molecule has 1 rings (SSSR count). The van der Waals surface area contributed by atoms with Crippen LogP contribution in [0.25, 0.3) is 0 Å². The molecule has 1 aliphatic heterocycles. The lowest BCUT2D eigenvalue weighted by Crippen LogP contribution is -2.64. The van der Waals surface area contributed by atoms with Crippen LogP contribution in [0.2, 0.25) is 0 Å². The van der Waals surface area contributed by atoms with E-state index in [-0.39, 0.29) is 56.3 Å². The van der Waals surface area contributed by atoms with Gasteiger partial charge in [-0.15, -0.1) is 0 Å². The standard InChI is InChI=1S/C60H107N11O11/c1-23-26-27-28-30-60(16)59(82)63-42(25-3)55(78)66(17)34-47(72)67(18)44(31-35(4)5)52(75)64-48(38(10)11)58(81)69(20)45(32-36(6)7)51(74)61-40(14)50(73)62-41(15)54(77)70(21)46(33-37(8)9)57(80)68(19)43(29-24-2)56(79)71(22)49(39(12)13)53(76)65-60/h23,26,35-46,48-49H,24-25,27-34H2,1-22H3,(H,61,74)(H,62,73)(H,63,82)(H,64,75)(H,65,76)/b26-23+/t40-,41+,42-,43-,44-,45-,46-,48-,49-,60?/m0/s1. The Morgan fingerprint density at radius 1 is 0.537 bits per heavy atom. The molecule has 1 unspecified atom stereocenters. The van der Waals surface area contributed by atoms with Crippen LogP contribution in [-0.4, -0.2) is 203 Å². The van der Waals surface area contributed by atoms with Crippen molar-refractivity contribution in [2.24, 2.45) is 29.6 Å². The fourth-order valence-electron chi connectivity index (χ4n) is 10.3. The molecule has 1 aliphatic rings. The summed E-state index contributed by atoms with van der Waals surface area (Å²) in [5.41, 5.74) is -1.62. The van der Waals surface area contributed by atoms with E-state index in [0.29, 0.717) is 19.3 Å². The maximum atomic E-state index is 14.9. The van der Waals surface area contributed by atoms with Crippen molar-refractivity contribution in [2.75, 3.05) is 48.8 Å². The van der Waals surface area contributed by atoms with Crippen molar-refractivity contribution in [3.05, 3.63) is 12.2 Å². The molecule has 82 heavy (non-hydrogen) atoms. The molecular weight excluding hydrogens is 1050 g/mol. The number of carbonyl (C=O) groups is 11. The number of unbranched alkanes of at least 4 members (excludes halogenated alkanes) is 1. The number of carbonyl (C=O) groups excluding carboxylic acids is 11. The average molecular weight is 1160 g/mol. The molecule has 10 atom stereocenters. The van der Waals surface area contributed by atoms with Gasteiger partial charge in [0.15, 0.2) is 0 Å². The molecule has 11 amide bonds. The van der Waals surface area contributed by atoms with Crippen LogP contribution < -0.4 is 26.6 Å². The number of amides is 11. The first kappa shape index (κ1) is 73.9. The third kappa shape index (κ3) is 21.0. The number of hydrogen-bond donors (Lipinski definition) is 5. The molecule has 0 aromatic heterocycles. The molecule has 0 aliphatic carbocycles. The minimum absolute atomic E-state index is 0.102. The van der Waals surface area contributed by atoms with Gasteiger partial charge in [0.2, 0.25) is 65.0 Å². The molecule has 0 aromatic carbocycles. The molecule has 1 heterocycles. The highest BCUT2D eigenvalue weighted by molar-refractivity contribution is 6.00. The van der Waals surface area contributed by atoms with Crippen molar-refractivity contribution in [3.8, 4) is 0 Å². The summed E-state index contributed by atoms with van der Waals surface area (Å²) < 4.78 is 0. The molecule has 22 nitrogen and oxygen atoms in total. The Balaban J connectivity index is 4.20. The topological polar surface area (TPSA) is 267 Å². The van der Waals surface area contributed by atoms with Crippen molar-refractivity contribution in [3.63, 3.8) is 0 Å². The fraction of sp³-hybridized carbons (Fsp3) is 0.783. The molecule has 1 saturated heterocycles. The Bertz CT molecular complexity index is 2240. The predicted molar refractivity (Wildman–Crippen MR) is 318 cm³/mol. The van der Waals surface area contributed by atoms with Gasteiger partial charge in [0.25, 0.3) is 0 Å². The van der Waals surface area contributed by atoms with Crippen molar-refractivity contribution < 1.29 is 52.7 Å². The van der Waals surface area contributed by atoms with E-state index in [1.165, 1.54) is 80.6 Å². The second-order valence-corrected chi connectivity index (χ2v) is 24.8. The SMILES string of the molecule is C/C=C/CCCC1(C)NC(=O)[C@H](C(C)C)N(C)C(=O)[C@H](CCC)N(C)C(=O)[C@H](CC(C)C)N(C)C(=O)[C@@H](C)NC(=O)[C@H](C)NC(=O)[C@H](CC(C)C)N(C)C(=O)[C@H](C(C)C)NC(=O)[C@H](CC(C)C)N(C)C(=O)CN(C)C(=O)[C@H](CC)NC1=O. The zero-order valence-corrected chi connectivity index (χ0v) is 54.0. The minimum Gasteiger partial charge on any atom is -0.343 e. The molecule has 0 saturated carbocycles. The smallest absolute Gasteiger partial charge is 0.246 e. The van der Waals surface area contributed by atoms with Gasteiger partial charge in [0.05, 0.1) is 6.54 Å². The van der Waals surface area contributed by atoms with E-state index >= 15 is 0 Å². The first-order chi connectivity index (χ1) is 38.0. The van der Waals surface area contributed by atoms with Gasteiger partial charge in [0, 0.05) is 42.3 Å². The van der Waals surface area contributed by atoms with Crippen molar-refractivity contribution in [2.45, 2.75) is 228 Å². The number of rotatable bonds is 15. The van der Waals surface area contributed by atoms with Gasteiger partial charge >= 0.3 is 0 Å². The average Bonchev–Trinajstić information content (AvgIpc) is 3.56. The number of nitrogens with zero attached hydrogens (tertiary/aromatic N) is 6. The Labute approximate surface area is 491 Å². The van der Waals surface area contributed by atoms with Gasteiger partial charge in [-0.3, -0.25) is 52.7 Å². The zero-order chi connectivity index (χ0) is 63.4. The summed E-state index contributed by atoms with van der Waals surface area (Å²) in [6.07, 6.45) is 6.25. The monoisotopic (exact) mass is 1160 g/mol. The van der Waals surface area contributed by atoms with Gasteiger partial charge in [-0.2, -0.15) is 0 Å². The summed E-state index contributed by atoms with van der Waals surface area (Å²) in [5.74, 6) is -8.22. The number of nitrogens with one attached hydrogen (secondary N) is 5. The van der Waals surface area contributed by atoms with Crippen LogP contribution in [0.5, 0.6) is 0 Å². The van der Waals surface area contributed by atoms with E-state index in [9.17, 15) is 52.7 Å². The van der Waals surface area contributed by atoms with Crippen LogP contribution in [0.15, 0.2) is 12.2 Å². The molecule has 0 spiro atoms. The summed E-state index contributed by atoms with van der Waals surface area (Å²) in [5, 5.41) is 14.0. The third-order valence-corrected chi connectivity index (χ3v) is 15.4. The summed E-state index contributed by atoms with van der Waals surface area (Å²) in [7, 11) is 8.70. The first-order valence-electron chi connectivity index (χ1n) is 29.7. The molecule has 22 heteroatoms. The summed E-state index contributed by atoms with van der Waals surface area (Å²) >= 11 is 0. The van der Waals surface area contributed by atoms with Crippen LogP contribution in [0.4, 0.5) is 0 Å². The van der Waals surface area contributed by atoms with Crippen LogP contribution >= 0.6 is 0 Å². The second kappa shape index (κ2) is 33.9. The van der Waals surface area contributed by atoms with Gasteiger partial charge in [-0.05, 0) is 109 Å². The lowest BCUT2D eigenvalue weighted by Gasteiger charge is -2.40. The van der Waals surface area contributed by atoms with Gasteiger partial charge in [0.1, 0.15) is 59.9 Å². The van der Waals surface area contributed by atoms with Crippen molar-refractivity contribution >= 4 is 65.0 Å². The van der Waals surface area contributed by atoms with E-state index in [2.05, 4.69) is 26.6 Å². The molecule has 1 fully saturated rings. The molecule has 0 aromatic rings. The second-order valence-electron chi connectivity index (χ2n) is 24.8. The highest BCUT2D eigenvalue weighted by Crippen LogP contribution is 2.24. The van der Waals surface area contributed by atoms with E-state index in [1.807, 2.05) is 67.5 Å². The van der Waals surface area contributed by atoms with Gasteiger partial charge in [-0.1, -0.05) is 102 Å². The van der Waals surface area contributed by atoms with E-state index in [1.54, 1.807) is 41.5 Å². The molecule has 0 bridgehead atoms. The molecular formula is C60H107N11O11. The van der Waals surface area contributed by atoms with E-state index < -0.39 is 143 Å². The normalized spacial score (nSPS) is 27.4. The fourth-order valence-corrected chi connectivity index (χ4v) is 10.3. The third-order valence-electron chi connectivity index (χ3n) is 15.4. The molecule has 468 valence electrons. The van der Waals surface area contributed by atoms with E-state index in [4.69, 9.17) is 0 Å². The minimum atomic E-state index is -1.62. The summed E-state index contributed by atoms with van der Waals surface area (Å²) in [4.78, 5) is 166. The Kier molecular flexibility index (Phi) is 30.5. The highest BCUT2D eigenvalue weighted by atomic mass is 16.2. The number of hydrogen-bond acceptors (Lipinski definition) is 11. The van der Waals surface area contributed by atoms with Gasteiger partial charge in [-0.25, -0.2) is 0 Å². The van der Waals surface area contributed by atoms with Gasteiger partial charge < -0.3 is 56.0 Å².